The number of benzene rings is 2. The number of aromatic nitrogens is 2. The summed E-state index contributed by atoms with van der Waals surface area (Å²) < 4.78 is 0. The summed E-state index contributed by atoms with van der Waals surface area (Å²) in [6.45, 7) is 5.10. The van der Waals surface area contributed by atoms with Crippen LogP contribution in [0.4, 0.5) is 11.6 Å². The number of rotatable bonds is 4. The number of aryl methyl sites for hydroxylation is 1. The SMILES string of the molecule is CNc1nc(C)cc(-c2ccc(C(=O)N3CCN(c4ccccc4)CC3)cc2)n1. The summed E-state index contributed by atoms with van der Waals surface area (Å²) in [6.07, 6.45) is 0. The van der Waals surface area contributed by atoms with Gasteiger partial charge in [0.05, 0.1) is 5.69 Å². The average Bonchev–Trinajstić information content (AvgIpc) is 2.79. The van der Waals surface area contributed by atoms with E-state index < -0.39 is 0 Å². The molecule has 2 heterocycles. The molecule has 0 radical (unpaired) electrons. The van der Waals surface area contributed by atoms with Gasteiger partial charge in [0.15, 0.2) is 0 Å². The molecule has 29 heavy (non-hydrogen) atoms. The first kappa shape index (κ1) is 18.9. The molecule has 1 saturated heterocycles. The topological polar surface area (TPSA) is 61.4 Å². The van der Waals surface area contributed by atoms with Gasteiger partial charge in [-0.15, -0.1) is 0 Å². The van der Waals surface area contributed by atoms with Crippen LogP contribution in [0.1, 0.15) is 16.1 Å². The zero-order chi connectivity index (χ0) is 20.2. The first-order valence-corrected chi connectivity index (χ1v) is 9.87. The fourth-order valence-electron chi connectivity index (χ4n) is 3.60. The van der Waals surface area contributed by atoms with Gasteiger partial charge in [-0.1, -0.05) is 30.3 Å². The van der Waals surface area contributed by atoms with Crippen LogP contribution >= 0.6 is 0 Å². The molecule has 1 fully saturated rings. The second-order valence-corrected chi connectivity index (χ2v) is 7.16. The minimum Gasteiger partial charge on any atom is -0.368 e. The summed E-state index contributed by atoms with van der Waals surface area (Å²) in [5, 5.41) is 2.98. The molecule has 0 aliphatic carbocycles. The van der Waals surface area contributed by atoms with Crippen molar-refractivity contribution in [3.05, 3.63) is 71.9 Å². The van der Waals surface area contributed by atoms with Crippen molar-refractivity contribution in [3.8, 4) is 11.3 Å². The molecule has 6 heteroatoms. The van der Waals surface area contributed by atoms with Gasteiger partial charge in [0.25, 0.3) is 5.91 Å². The average molecular weight is 387 g/mol. The third-order valence-electron chi connectivity index (χ3n) is 5.19. The van der Waals surface area contributed by atoms with E-state index in [1.807, 2.05) is 60.4 Å². The van der Waals surface area contributed by atoms with Gasteiger partial charge in [0.2, 0.25) is 5.95 Å². The van der Waals surface area contributed by atoms with E-state index in [9.17, 15) is 4.79 Å². The molecule has 148 valence electrons. The highest BCUT2D eigenvalue weighted by Crippen LogP contribution is 2.21. The molecule has 1 N–H and O–H groups in total. The Labute approximate surface area is 171 Å². The second-order valence-electron chi connectivity index (χ2n) is 7.16. The molecule has 3 aromatic rings. The molecular weight excluding hydrogens is 362 g/mol. The molecule has 4 rings (SSSR count). The predicted molar refractivity (Wildman–Crippen MR) is 116 cm³/mol. The number of piperazine rings is 1. The van der Waals surface area contributed by atoms with Crippen LogP contribution in [0.15, 0.2) is 60.7 Å². The van der Waals surface area contributed by atoms with Gasteiger partial charge in [-0.3, -0.25) is 4.79 Å². The second kappa shape index (κ2) is 8.31. The molecule has 0 spiro atoms. The highest BCUT2D eigenvalue weighted by molar-refractivity contribution is 5.94. The van der Waals surface area contributed by atoms with E-state index in [2.05, 4.69) is 32.3 Å². The van der Waals surface area contributed by atoms with Crippen molar-refractivity contribution in [1.29, 1.82) is 0 Å². The maximum absolute atomic E-state index is 12.9. The third kappa shape index (κ3) is 4.21. The van der Waals surface area contributed by atoms with Gasteiger partial charge in [0, 0.05) is 55.7 Å². The maximum atomic E-state index is 12.9. The lowest BCUT2D eigenvalue weighted by atomic mass is 10.1. The minimum absolute atomic E-state index is 0.0824. The number of nitrogens with zero attached hydrogens (tertiary/aromatic N) is 4. The van der Waals surface area contributed by atoms with Crippen molar-refractivity contribution < 1.29 is 4.79 Å². The van der Waals surface area contributed by atoms with Crippen molar-refractivity contribution in [2.75, 3.05) is 43.4 Å². The van der Waals surface area contributed by atoms with Crippen molar-refractivity contribution in [3.63, 3.8) is 0 Å². The van der Waals surface area contributed by atoms with Crippen LogP contribution < -0.4 is 10.2 Å². The van der Waals surface area contributed by atoms with E-state index in [1.165, 1.54) is 5.69 Å². The Hall–Kier alpha value is -3.41. The Balaban J connectivity index is 1.43. The van der Waals surface area contributed by atoms with Gasteiger partial charge >= 0.3 is 0 Å². The zero-order valence-electron chi connectivity index (χ0n) is 16.8. The molecule has 0 unspecified atom stereocenters. The number of anilines is 2. The lowest BCUT2D eigenvalue weighted by molar-refractivity contribution is 0.0747. The van der Waals surface area contributed by atoms with Gasteiger partial charge in [-0.25, -0.2) is 9.97 Å². The molecule has 1 aliphatic heterocycles. The van der Waals surface area contributed by atoms with Gasteiger partial charge in [0.1, 0.15) is 0 Å². The molecule has 6 nitrogen and oxygen atoms in total. The Kier molecular flexibility index (Phi) is 5.42. The molecule has 1 amide bonds. The Morgan fingerprint density at radius 3 is 2.28 bits per heavy atom. The number of amides is 1. The molecule has 0 saturated carbocycles. The summed E-state index contributed by atoms with van der Waals surface area (Å²) in [5.74, 6) is 0.676. The van der Waals surface area contributed by atoms with Crippen LogP contribution in [-0.4, -0.2) is 54.0 Å². The van der Waals surface area contributed by atoms with Crippen LogP contribution in [-0.2, 0) is 0 Å². The maximum Gasteiger partial charge on any atom is 0.253 e. The molecular formula is C23H25N5O. The number of hydrogen-bond donors (Lipinski definition) is 1. The third-order valence-corrected chi connectivity index (χ3v) is 5.19. The van der Waals surface area contributed by atoms with Crippen LogP contribution in [0.2, 0.25) is 0 Å². The highest BCUT2D eigenvalue weighted by Gasteiger charge is 2.22. The molecule has 1 aliphatic rings. The van der Waals surface area contributed by atoms with Crippen LogP contribution in [0.3, 0.4) is 0 Å². The zero-order valence-corrected chi connectivity index (χ0v) is 16.8. The van der Waals surface area contributed by atoms with Crippen LogP contribution in [0, 0.1) is 6.92 Å². The monoisotopic (exact) mass is 387 g/mol. The summed E-state index contributed by atoms with van der Waals surface area (Å²) >= 11 is 0. The van der Waals surface area contributed by atoms with E-state index in [4.69, 9.17) is 0 Å². The molecule has 1 aromatic heterocycles. The Morgan fingerprint density at radius 2 is 1.62 bits per heavy atom. The van der Waals surface area contributed by atoms with Crippen LogP contribution in [0.25, 0.3) is 11.3 Å². The molecule has 2 aromatic carbocycles. The smallest absolute Gasteiger partial charge is 0.253 e. The van der Waals surface area contributed by atoms with Crippen molar-refractivity contribution in [2.24, 2.45) is 0 Å². The first-order valence-electron chi connectivity index (χ1n) is 9.87. The van der Waals surface area contributed by atoms with E-state index in [1.54, 1.807) is 7.05 Å². The highest BCUT2D eigenvalue weighted by atomic mass is 16.2. The van der Waals surface area contributed by atoms with Gasteiger partial charge in [-0.05, 0) is 37.3 Å². The minimum atomic E-state index is 0.0824. The Morgan fingerprint density at radius 1 is 0.931 bits per heavy atom. The summed E-state index contributed by atoms with van der Waals surface area (Å²) in [6, 6.07) is 20.0. The molecule has 0 atom stereocenters. The van der Waals surface area contributed by atoms with Crippen molar-refractivity contribution in [2.45, 2.75) is 6.92 Å². The first-order chi connectivity index (χ1) is 14.1. The number of carbonyl (C=O) groups excluding carboxylic acids is 1. The standard InChI is InChI=1S/C23H25N5O/c1-17-16-21(26-23(24-2)25-17)18-8-10-19(11-9-18)22(29)28-14-12-27(13-15-28)20-6-4-3-5-7-20/h3-11,16H,12-15H2,1-2H3,(H,24,25,26). The number of hydrogen-bond acceptors (Lipinski definition) is 5. The summed E-state index contributed by atoms with van der Waals surface area (Å²) in [5.41, 5.74) is 4.64. The lowest BCUT2D eigenvalue weighted by Gasteiger charge is -2.36. The van der Waals surface area contributed by atoms with Crippen LogP contribution in [0.5, 0.6) is 0 Å². The number of carbonyl (C=O) groups is 1. The fourth-order valence-corrected chi connectivity index (χ4v) is 3.60. The van der Waals surface area contributed by atoms with Gasteiger partial charge in [-0.2, -0.15) is 0 Å². The number of para-hydroxylation sites is 1. The van der Waals surface area contributed by atoms with E-state index in [0.717, 1.165) is 43.1 Å². The number of nitrogens with one attached hydrogen (secondary N) is 1. The quantitative estimate of drug-likeness (QED) is 0.743. The molecule has 0 bridgehead atoms. The fraction of sp³-hybridized carbons (Fsp3) is 0.261. The normalized spacial score (nSPS) is 14.0. The predicted octanol–water partition coefficient (Wildman–Crippen LogP) is 3.46. The Bertz CT molecular complexity index is 980. The van der Waals surface area contributed by atoms with E-state index in [0.29, 0.717) is 11.5 Å². The summed E-state index contributed by atoms with van der Waals surface area (Å²) in [4.78, 5) is 26.0. The summed E-state index contributed by atoms with van der Waals surface area (Å²) in [7, 11) is 1.80. The van der Waals surface area contributed by atoms with E-state index >= 15 is 0 Å². The van der Waals surface area contributed by atoms with Gasteiger partial charge < -0.3 is 15.1 Å². The lowest BCUT2D eigenvalue weighted by Crippen LogP contribution is -2.48. The van der Waals surface area contributed by atoms with E-state index in [-0.39, 0.29) is 5.91 Å². The van der Waals surface area contributed by atoms with Crippen molar-refractivity contribution in [1.82, 2.24) is 14.9 Å². The van der Waals surface area contributed by atoms with Crippen molar-refractivity contribution >= 4 is 17.5 Å². The largest absolute Gasteiger partial charge is 0.368 e.